The molecule has 0 aliphatic carbocycles. The van der Waals surface area contributed by atoms with Crippen LogP contribution in [0.3, 0.4) is 0 Å². The normalized spacial score (nSPS) is 12.7. The van der Waals surface area contributed by atoms with E-state index in [-0.39, 0.29) is 11.8 Å². The van der Waals surface area contributed by atoms with Crippen LogP contribution < -0.4 is 17.0 Å². The van der Waals surface area contributed by atoms with Gasteiger partial charge in [-0.15, -0.1) is 0 Å². The molecular formula is C6H15N3O. The third-order valence-electron chi connectivity index (χ3n) is 1.43. The van der Waals surface area contributed by atoms with E-state index >= 15 is 0 Å². The SMILES string of the molecule is CC(CCCN)C(=O)NN. The van der Waals surface area contributed by atoms with E-state index in [1.807, 2.05) is 6.92 Å². The Morgan fingerprint density at radius 2 is 2.30 bits per heavy atom. The van der Waals surface area contributed by atoms with Crippen LogP contribution in [0.2, 0.25) is 0 Å². The van der Waals surface area contributed by atoms with E-state index in [0.717, 1.165) is 12.8 Å². The zero-order valence-corrected chi connectivity index (χ0v) is 6.26. The molecule has 1 amide bonds. The quantitative estimate of drug-likeness (QED) is 0.279. The van der Waals surface area contributed by atoms with Crippen molar-refractivity contribution < 1.29 is 4.79 Å². The molecule has 0 aliphatic heterocycles. The summed E-state index contributed by atoms with van der Waals surface area (Å²) in [5.41, 5.74) is 7.35. The number of nitrogens with two attached hydrogens (primary N) is 2. The Hall–Kier alpha value is -0.610. The van der Waals surface area contributed by atoms with Gasteiger partial charge >= 0.3 is 0 Å². The number of hydrogen-bond acceptors (Lipinski definition) is 3. The van der Waals surface area contributed by atoms with E-state index < -0.39 is 0 Å². The van der Waals surface area contributed by atoms with Gasteiger partial charge in [-0.25, -0.2) is 5.84 Å². The minimum atomic E-state index is -0.117. The summed E-state index contributed by atoms with van der Waals surface area (Å²) in [4.78, 5) is 10.7. The third-order valence-corrected chi connectivity index (χ3v) is 1.43. The monoisotopic (exact) mass is 145 g/mol. The molecule has 0 saturated heterocycles. The van der Waals surface area contributed by atoms with Gasteiger partial charge in [0.1, 0.15) is 0 Å². The standard InChI is InChI=1S/C6H15N3O/c1-5(3-2-4-7)6(10)9-8/h5H,2-4,7-8H2,1H3,(H,9,10). The molecular weight excluding hydrogens is 130 g/mol. The molecule has 0 aromatic rings. The number of hydrogen-bond donors (Lipinski definition) is 3. The van der Waals surface area contributed by atoms with Crippen LogP contribution in [0.25, 0.3) is 0 Å². The number of nitrogens with one attached hydrogen (secondary N) is 1. The van der Waals surface area contributed by atoms with Crippen molar-refractivity contribution in [3.8, 4) is 0 Å². The van der Waals surface area contributed by atoms with Gasteiger partial charge in [-0.3, -0.25) is 10.2 Å². The Labute approximate surface area is 60.9 Å². The first-order valence-corrected chi connectivity index (χ1v) is 3.43. The lowest BCUT2D eigenvalue weighted by molar-refractivity contribution is -0.124. The minimum absolute atomic E-state index is 0.0199. The predicted octanol–water partition coefficient (Wildman–Crippen LogP) is -0.649. The summed E-state index contributed by atoms with van der Waals surface area (Å²) >= 11 is 0. The Bertz CT molecular complexity index is 105. The first-order chi connectivity index (χ1) is 4.72. The number of hydrazine groups is 1. The van der Waals surface area contributed by atoms with Crippen LogP contribution in [0, 0.1) is 5.92 Å². The Balaban J connectivity index is 3.41. The average molecular weight is 145 g/mol. The molecule has 0 bridgehead atoms. The van der Waals surface area contributed by atoms with Gasteiger partial charge in [-0.05, 0) is 19.4 Å². The first-order valence-electron chi connectivity index (χ1n) is 3.43. The molecule has 1 unspecified atom stereocenters. The van der Waals surface area contributed by atoms with E-state index in [1.54, 1.807) is 0 Å². The summed E-state index contributed by atoms with van der Waals surface area (Å²) in [6.45, 7) is 2.46. The number of amides is 1. The zero-order valence-electron chi connectivity index (χ0n) is 6.26. The topological polar surface area (TPSA) is 81.1 Å². The molecule has 0 aromatic heterocycles. The Morgan fingerprint density at radius 1 is 1.70 bits per heavy atom. The summed E-state index contributed by atoms with van der Waals surface area (Å²) in [6, 6.07) is 0. The first kappa shape index (κ1) is 9.39. The molecule has 0 fully saturated rings. The molecule has 0 rings (SSSR count). The fourth-order valence-electron chi connectivity index (χ4n) is 0.697. The van der Waals surface area contributed by atoms with Crippen molar-refractivity contribution in [1.82, 2.24) is 5.43 Å². The average Bonchev–Trinajstić information content (AvgIpc) is 1.98. The smallest absolute Gasteiger partial charge is 0.236 e. The summed E-state index contributed by atoms with van der Waals surface area (Å²) < 4.78 is 0. The molecule has 4 heteroatoms. The van der Waals surface area contributed by atoms with E-state index in [1.165, 1.54) is 0 Å². The van der Waals surface area contributed by atoms with Crippen LogP contribution in [-0.2, 0) is 4.79 Å². The molecule has 0 heterocycles. The molecule has 10 heavy (non-hydrogen) atoms. The second-order valence-electron chi connectivity index (χ2n) is 2.34. The molecule has 4 nitrogen and oxygen atoms in total. The minimum Gasteiger partial charge on any atom is -0.330 e. The van der Waals surface area contributed by atoms with E-state index in [0.29, 0.717) is 6.54 Å². The fourth-order valence-corrected chi connectivity index (χ4v) is 0.697. The highest BCUT2D eigenvalue weighted by Gasteiger charge is 2.09. The van der Waals surface area contributed by atoms with E-state index in [2.05, 4.69) is 5.43 Å². The van der Waals surface area contributed by atoms with Gasteiger partial charge in [0.05, 0.1) is 0 Å². The highest BCUT2D eigenvalue weighted by atomic mass is 16.2. The highest BCUT2D eigenvalue weighted by Crippen LogP contribution is 2.02. The Kier molecular flexibility index (Phi) is 4.88. The van der Waals surface area contributed by atoms with Crippen molar-refractivity contribution in [3.63, 3.8) is 0 Å². The number of carbonyl (C=O) groups is 1. The summed E-state index contributed by atoms with van der Waals surface area (Å²) in [5, 5.41) is 0. The third kappa shape index (κ3) is 3.42. The Morgan fingerprint density at radius 3 is 2.70 bits per heavy atom. The lowest BCUT2D eigenvalue weighted by Crippen LogP contribution is -2.34. The van der Waals surface area contributed by atoms with Gasteiger partial charge < -0.3 is 5.73 Å². The van der Waals surface area contributed by atoms with Gasteiger partial charge in [0.15, 0.2) is 0 Å². The highest BCUT2D eigenvalue weighted by molar-refractivity contribution is 5.77. The maximum atomic E-state index is 10.7. The van der Waals surface area contributed by atoms with Gasteiger partial charge in [0.2, 0.25) is 5.91 Å². The molecule has 0 radical (unpaired) electrons. The van der Waals surface area contributed by atoms with Crippen LogP contribution >= 0.6 is 0 Å². The van der Waals surface area contributed by atoms with E-state index in [9.17, 15) is 4.79 Å². The van der Waals surface area contributed by atoms with Crippen molar-refractivity contribution in [1.29, 1.82) is 0 Å². The molecule has 0 spiro atoms. The molecule has 0 aliphatic rings. The van der Waals surface area contributed by atoms with Gasteiger partial charge in [0, 0.05) is 5.92 Å². The van der Waals surface area contributed by atoms with Crippen molar-refractivity contribution >= 4 is 5.91 Å². The molecule has 60 valence electrons. The fraction of sp³-hybridized carbons (Fsp3) is 0.833. The lowest BCUT2D eigenvalue weighted by atomic mass is 10.1. The second-order valence-corrected chi connectivity index (χ2v) is 2.34. The van der Waals surface area contributed by atoms with Crippen LogP contribution in [0.5, 0.6) is 0 Å². The zero-order chi connectivity index (χ0) is 7.98. The van der Waals surface area contributed by atoms with Crippen LogP contribution in [0.1, 0.15) is 19.8 Å². The van der Waals surface area contributed by atoms with Crippen molar-refractivity contribution in [2.75, 3.05) is 6.54 Å². The summed E-state index contributed by atoms with van der Waals surface area (Å²) in [7, 11) is 0. The van der Waals surface area contributed by atoms with Crippen LogP contribution in [0.15, 0.2) is 0 Å². The van der Waals surface area contributed by atoms with Crippen molar-refractivity contribution in [2.45, 2.75) is 19.8 Å². The number of rotatable bonds is 4. The van der Waals surface area contributed by atoms with Gasteiger partial charge in [0.25, 0.3) is 0 Å². The van der Waals surface area contributed by atoms with Crippen LogP contribution in [-0.4, -0.2) is 12.5 Å². The predicted molar refractivity (Wildman–Crippen MR) is 39.8 cm³/mol. The van der Waals surface area contributed by atoms with Crippen LogP contribution in [0.4, 0.5) is 0 Å². The molecule has 0 saturated carbocycles. The maximum Gasteiger partial charge on any atom is 0.236 e. The second kappa shape index (κ2) is 5.20. The molecule has 0 aromatic carbocycles. The molecule has 1 atom stereocenters. The van der Waals surface area contributed by atoms with E-state index in [4.69, 9.17) is 11.6 Å². The van der Waals surface area contributed by atoms with Gasteiger partial charge in [-0.2, -0.15) is 0 Å². The maximum absolute atomic E-state index is 10.7. The molecule has 5 N–H and O–H groups in total. The lowest BCUT2D eigenvalue weighted by Gasteiger charge is -2.07. The largest absolute Gasteiger partial charge is 0.330 e. The van der Waals surface area contributed by atoms with Gasteiger partial charge in [-0.1, -0.05) is 6.92 Å². The van der Waals surface area contributed by atoms with Crippen molar-refractivity contribution in [2.24, 2.45) is 17.5 Å². The van der Waals surface area contributed by atoms with Crippen molar-refractivity contribution in [3.05, 3.63) is 0 Å². The summed E-state index contributed by atoms with van der Waals surface area (Å²) in [5.74, 6) is 4.78. The summed E-state index contributed by atoms with van der Waals surface area (Å²) in [6.07, 6.45) is 1.67. The number of carbonyl (C=O) groups excluding carboxylic acids is 1.